The van der Waals surface area contributed by atoms with Crippen molar-refractivity contribution in [1.29, 1.82) is 0 Å². The monoisotopic (exact) mass is 1170 g/mol. The first-order valence-electron chi connectivity index (χ1n) is 25.7. The molecular formula is C50H110N2O16SSi5. The van der Waals surface area contributed by atoms with Crippen molar-refractivity contribution in [3.05, 3.63) is 54.1 Å². The lowest BCUT2D eigenvalue weighted by molar-refractivity contribution is 0.0199. The third-order valence-corrected chi connectivity index (χ3v) is 27.2. The number of nitrogens with one attached hydrogen (secondary N) is 2. The van der Waals surface area contributed by atoms with Gasteiger partial charge in [0, 0.05) is 131 Å². The van der Waals surface area contributed by atoms with E-state index >= 15 is 0 Å². The maximum atomic E-state index is 5.68. The summed E-state index contributed by atoms with van der Waals surface area (Å²) < 4.78 is 85.7. The molecular weight excluding hydrogens is 1060 g/mol. The van der Waals surface area contributed by atoms with Crippen LogP contribution in [0.2, 0.25) is 18.1 Å². The normalized spacial score (nSPS) is 13.2. The molecule has 1 rings (SSSR count). The molecule has 24 heteroatoms. The van der Waals surface area contributed by atoms with Crippen molar-refractivity contribution < 1.29 is 71.1 Å². The Morgan fingerprint density at radius 3 is 1.32 bits per heavy atom. The molecule has 442 valence electrons. The van der Waals surface area contributed by atoms with Gasteiger partial charge in [-0.2, -0.15) is 12.6 Å². The zero-order valence-electron chi connectivity index (χ0n) is 50.3. The van der Waals surface area contributed by atoms with E-state index in [2.05, 4.69) is 76.2 Å². The van der Waals surface area contributed by atoms with Gasteiger partial charge in [0.2, 0.25) is 0 Å². The average Bonchev–Trinajstić information content (AvgIpc) is 3.44. The van der Waals surface area contributed by atoms with Crippen LogP contribution < -0.4 is 10.6 Å². The van der Waals surface area contributed by atoms with Gasteiger partial charge in [-0.1, -0.05) is 115 Å². The summed E-state index contributed by atoms with van der Waals surface area (Å²) in [5, 5.41) is 7.00. The number of hydrogen-bond acceptors (Lipinski definition) is 19. The van der Waals surface area contributed by atoms with E-state index in [1.54, 1.807) is 107 Å². The van der Waals surface area contributed by atoms with Gasteiger partial charge < -0.3 is 71.1 Å². The van der Waals surface area contributed by atoms with E-state index in [1.807, 2.05) is 32.1 Å². The molecule has 0 radical (unpaired) electrons. The zero-order chi connectivity index (χ0) is 57.5. The van der Waals surface area contributed by atoms with Crippen molar-refractivity contribution in [2.75, 3.05) is 119 Å². The predicted molar refractivity (Wildman–Crippen MR) is 315 cm³/mol. The van der Waals surface area contributed by atoms with Crippen molar-refractivity contribution in [1.82, 2.24) is 10.6 Å². The van der Waals surface area contributed by atoms with Crippen LogP contribution in [0.3, 0.4) is 0 Å². The van der Waals surface area contributed by atoms with Crippen molar-refractivity contribution in [3.63, 3.8) is 0 Å². The Kier molecular flexibility index (Phi) is 53.4. The summed E-state index contributed by atoms with van der Waals surface area (Å²) in [7, 11) is 12.3. The highest BCUT2D eigenvalue weighted by Crippen LogP contribution is 2.21. The molecule has 0 amide bonds. The molecule has 0 aliphatic rings. The van der Waals surface area contributed by atoms with Crippen LogP contribution in [-0.2, 0) is 77.7 Å². The summed E-state index contributed by atoms with van der Waals surface area (Å²) in [4.78, 5) is 0. The summed E-state index contributed by atoms with van der Waals surface area (Å²) in [5.41, 5.74) is 3.22. The third-order valence-electron chi connectivity index (χ3n) is 12.0. The lowest BCUT2D eigenvalue weighted by atomic mass is 10.1. The predicted octanol–water partition coefficient (Wildman–Crippen LogP) is 10.0. The van der Waals surface area contributed by atoms with Crippen LogP contribution in [0.15, 0.2) is 43.0 Å². The molecule has 0 aliphatic carbocycles. The van der Waals surface area contributed by atoms with Crippen LogP contribution in [-0.4, -0.2) is 181 Å². The van der Waals surface area contributed by atoms with E-state index in [1.165, 1.54) is 37.7 Å². The van der Waals surface area contributed by atoms with E-state index in [4.69, 9.17) is 71.1 Å². The Bertz CT molecular complexity index is 1400. The van der Waals surface area contributed by atoms with Gasteiger partial charge in [0.1, 0.15) is 5.73 Å². The summed E-state index contributed by atoms with van der Waals surface area (Å²) in [6.07, 6.45) is 13.3. The lowest BCUT2D eigenvalue weighted by Gasteiger charge is -2.34. The van der Waals surface area contributed by atoms with Crippen LogP contribution >= 0.6 is 12.6 Å². The molecule has 0 aliphatic heterocycles. The van der Waals surface area contributed by atoms with Gasteiger partial charge in [0.05, 0.1) is 18.4 Å². The minimum atomic E-state index is -2.70. The van der Waals surface area contributed by atoms with Crippen molar-refractivity contribution in [3.8, 4) is 0 Å². The molecule has 0 saturated heterocycles. The molecule has 18 nitrogen and oxygen atoms in total. The van der Waals surface area contributed by atoms with Crippen molar-refractivity contribution in [2.24, 2.45) is 0 Å². The number of unbranched alkanes of at least 4 members (excludes halogenated alkanes) is 5. The van der Waals surface area contributed by atoms with E-state index in [-0.39, 0.29) is 17.6 Å². The highest BCUT2D eigenvalue weighted by atomic mass is 32.1. The molecule has 0 heterocycles. The molecule has 0 saturated carbocycles. The molecule has 2 N–H and O–H groups in total. The standard InChI is InChI=1S/C17H30N2O3Si.C11H26O3Si.C10H22O4Si.C6H16O3SSi.C6H16O3Si/c1-7-15-11-9-10-12-16(15)13-18-14(3)19-17(8-2)23(20-4,21-5)22-6;1-5-6-7-8-9-10-11-15(12-2,13-3)14-4;1-7-10(14-8-9(2)3)15(11-4,12-5)13-6;1-7-11(8-2,9-3)6-4-5-10;1-5-6-10(7-2,8-3)9-4/h7,9-12,14,17-19H,1,8,13H2,2-6H3;5-11H2,1-4H3;10H,2,7-8H2,1,3-6H3;10H,4-6H2,1-3H3;5-6H2,1-4H3. The molecule has 0 spiro atoms. The van der Waals surface area contributed by atoms with Gasteiger partial charge in [-0.15, -0.1) is 0 Å². The first-order valence-corrected chi connectivity index (χ1v) is 35.7. The topological polar surface area (TPSA) is 172 Å². The summed E-state index contributed by atoms with van der Waals surface area (Å²) in [6, 6.07) is 10.9. The second kappa shape index (κ2) is 49.5. The fourth-order valence-corrected chi connectivity index (χ4v) is 17.5. The number of benzene rings is 1. The summed E-state index contributed by atoms with van der Waals surface area (Å²) in [6.45, 7) is 21.3. The molecule has 0 aromatic heterocycles. The van der Waals surface area contributed by atoms with Gasteiger partial charge in [0.15, 0.2) is 0 Å². The van der Waals surface area contributed by atoms with Crippen molar-refractivity contribution >= 4 is 62.7 Å². The molecule has 1 aromatic rings. The largest absolute Gasteiger partial charge is 0.530 e. The van der Waals surface area contributed by atoms with Gasteiger partial charge in [-0.05, 0) is 56.4 Å². The zero-order valence-corrected chi connectivity index (χ0v) is 56.2. The van der Waals surface area contributed by atoms with Crippen LogP contribution in [0.5, 0.6) is 0 Å². The van der Waals surface area contributed by atoms with Gasteiger partial charge in [-0.25, -0.2) is 0 Å². The Morgan fingerprint density at radius 2 is 0.973 bits per heavy atom. The second-order valence-corrected chi connectivity index (χ2v) is 32.6. The Labute approximate surface area is 463 Å². The number of rotatable bonds is 40. The highest BCUT2D eigenvalue weighted by molar-refractivity contribution is 7.80. The van der Waals surface area contributed by atoms with E-state index in [0.29, 0.717) is 6.61 Å². The van der Waals surface area contributed by atoms with Crippen LogP contribution in [0, 0.1) is 0 Å². The Balaban J connectivity index is -0.000000429. The average molecular weight is 1170 g/mol. The van der Waals surface area contributed by atoms with Crippen LogP contribution in [0.1, 0.15) is 117 Å². The number of hydrogen-bond donors (Lipinski definition) is 3. The first kappa shape index (κ1) is 79.9. The summed E-state index contributed by atoms with van der Waals surface area (Å²) in [5.74, 6) is 0.838. The Hall–Kier alpha value is -0.586. The minimum absolute atomic E-state index is 0.0275. The summed E-state index contributed by atoms with van der Waals surface area (Å²) >= 11 is 4.10. The van der Waals surface area contributed by atoms with Gasteiger partial charge >= 0.3 is 44.0 Å². The van der Waals surface area contributed by atoms with E-state index in [0.717, 1.165) is 73.7 Å². The molecule has 74 heavy (non-hydrogen) atoms. The SMILES string of the molecule is C=C(C)COC(CC)[Si](OC)(OC)OC.C=Cc1ccccc1CNC(C)NC(CC)[Si](OC)(OC)OC.CCCCCCCC[Si](OC)(OC)OC.CCC[Si](OC)(OC)OC.CO[Si](CCCS)(OC)OC. The van der Waals surface area contributed by atoms with Gasteiger partial charge in [0.25, 0.3) is 0 Å². The molecule has 0 bridgehead atoms. The van der Waals surface area contributed by atoms with Crippen LogP contribution in [0.4, 0.5) is 0 Å². The van der Waals surface area contributed by atoms with Gasteiger partial charge in [-0.3, -0.25) is 10.6 Å². The highest BCUT2D eigenvalue weighted by Gasteiger charge is 2.48. The van der Waals surface area contributed by atoms with Crippen molar-refractivity contribution in [2.45, 2.75) is 148 Å². The quantitative estimate of drug-likeness (QED) is 0.0186. The first-order chi connectivity index (χ1) is 35.3. The maximum Gasteiger partial charge on any atom is 0.530 e. The molecule has 1 aromatic carbocycles. The van der Waals surface area contributed by atoms with E-state index < -0.39 is 44.0 Å². The molecule has 3 atom stereocenters. The number of thiol groups is 1. The fraction of sp³-hybridized carbons (Fsp3) is 0.800. The number of ether oxygens (including phenoxy) is 1. The lowest BCUT2D eigenvalue weighted by Crippen LogP contribution is -2.63. The van der Waals surface area contributed by atoms with E-state index in [9.17, 15) is 0 Å². The Morgan fingerprint density at radius 1 is 0.554 bits per heavy atom. The minimum Gasteiger partial charge on any atom is -0.377 e. The fourth-order valence-electron chi connectivity index (χ4n) is 7.41. The maximum absolute atomic E-state index is 5.68. The smallest absolute Gasteiger partial charge is 0.377 e. The van der Waals surface area contributed by atoms with Crippen LogP contribution in [0.25, 0.3) is 6.08 Å². The third kappa shape index (κ3) is 31.9. The second-order valence-electron chi connectivity index (χ2n) is 16.7. The molecule has 3 unspecified atom stereocenters. The molecule has 0 fully saturated rings.